The number of carbonyl (C=O) groups is 1. The number of ether oxygens (including phenoxy) is 2. The van der Waals surface area contributed by atoms with Crippen LogP contribution in [0.2, 0.25) is 0 Å². The fraction of sp³-hybridized carbons (Fsp3) is 0.188. The molecule has 0 aliphatic carbocycles. The molecule has 0 bridgehead atoms. The van der Waals surface area contributed by atoms with Crippen LogP contribution in [0.5, 0.6) is 11.5 Å². The maximum absolute atomic E-state index is 12.3. The molecule has 2 aromatic rings. The van der Waals surface area contributed by atoms with Gasteiger partial charge in [0.05, 0.1) is 11.5 Å². The molecular formula is C16H18N2O5S. The van der Waals surface area contributed by atoms with Crippen molar-refractivity contribution in [3.8, 4) is 11.5 Å². The monoisotopic (exact) mass is 350 g/mol. The summed E-state index contributed by atoms with van der Waals surface area (Å²) in [6.45, 7) is 2.14. The highest BCUT2D eigenvalue weighted by Crippen LogP contribution is 2.21. The zero-order valence-electron chi connectivity index (χ0n) is 13.1. The largest absolute Gasteiger partial charge is 0.494 e. The number of benzene rings is 2. The molecule has 128 valence electrons. The topological polar surface area (TPSA) is 108 Å². The van der Waals surface area contributed by atoms with Crippen LogP contribution < -0.4 is 19.9 Å². The third kappa shape index (κ3) is 4.88. The van der Waals surface area contributed by atoms with Gasteiger partial charge >= 0.3 is 0 Å². The number of hydrogen-bond acceptors (Lipinski definition) is 5. The first-order chi connectivity index (χ1) is 11.4. The van der Waals surface area contributed by atoms with Gasteiger partial charge in [0.2, 0.25) is 0 Å². The third-order valence-electron chi connectivity index (χ3n) is 2.93. The maximum atomic E-state index is 12.3. The van der Waals surface area contributed by atoms with Crippen molar-refractivity contribution in [2.75, 3.05) is 17.9 Å². The van der Waals surface area contributed by atoms with Gasteiger partial charge in [0.15, 0.2) is 6.61 Å². The fourth-order valence-electron chi connectivity index (χ4n) is 1.87. The average Bonchev–Trinajstić information content (AvgIpc) is 2.55. The molecule has 0 aliphatic rings. The number of nitrogens with two attached hydrogens (primary N) is 1. The Morgan fingerprint density at radius 1 is 1.00 bits per heavy atom. The van der Waals surface area contributed by atoms with E-state index in [0.717, 1.165) is 0 Å². The molecule has 24 heavy (non-hydrogen) atoms. The molecule has 0 heterocycles. The van der Waals surface area contributed by atoms with E-state index in [9.17, 15) is 13.2 Å². The van der Waals surface area contributed by atoms with Gasteiger partial charge in [-0.05, 0) is 55.5 Å². The Morgan fingerprint density at radius 3 is 2.08 bits per heavy atom. The Labute approximate surface area is 140 Å². The normalized spacial score (nSPS) is 10.9. The Kier molecular flexibility index (Phi) is 5.64. The summed E-state index contributed by atoms with van der Waals surface area (Å²) >= 11 is 0. The van der Waals surface area contributed by atoms with Crippen molar-refractivity contribution in [2.24, 2.45) is 5.73 Å². The molecule has 2 rings (SSSR count). The van der Waals surface area contributed by atoms with Gasteiger partial charge in [-0.15, -0.1) is 0 Å². The third-order valence-corrected chi connectivity index (χ3v) is 4.33. The lowest BCUT2D eigenvalue weighted by Crippen LogP contribution is -2.20. The van der Waals surface area contributed by atoms with E-state index >= 15 is 0 Å². The number of amides is 1. The molecule has 2 aromatic carbocycles. The molecule has 0 unspecified atom stereocenters. The van der Waals surface area contributed by atoms with Gasteiger partial charge in [-0.2, -0.15) is 0 Å². The number of sulfonamides is 1. The second kappa shape index (κ2) is 7.69. The molecule has 0 aliphatic heterocycles. The zero-order chi connectivity index (χ0) is 17.6. The van der Waals surface area contributed by atoms with E-state index in [1.807, 2.05) is 6.92 Å². The second-order valence-corrected chi connectivity index (χ2v) is 6.47. The molecule has 0 radical (unpaired) electrons. The molecule has 3 N–H and O–H groups in total. The van der Waals surface area contributed by atoms with Gasteiger partial charge in [0.1, 0.15) is 11.5 Å². The van der Waals surface area contributed by atoms with Crippen LogP contribution >= 0.6 is 0 Å². The van der Waals surface area contributed by atoms with Gasteiger partial charge in [-0.3, -0.25) is 9.52 Å². The molecule has 0 saturated carbocycles. The van der Waals surface area contributed by atoms with Crippen LogP contribution in [0, 0.1) is 0 Å². The number of carbonyl (C=O) groups excluding carboxylic acids is 1. The van der Waals surface area contributed by atoms with Gasteiger partial charge in [-0.1, -0.05) is 0 Å². The first-order valence-electron chi connectivity index (χ1n) is 7.17. The molecule has 0 fully saturated rings. The summed E-state index contributed by atoms with van der Waals surface area (Å²) in [7, 11) is -3.72. The number of primary amides is 1. The molecule has 8 heteroatoms. The van der Waals surface area contributed by atoms with E-state index in [-0.39, 0.29) is 11.5 Å². The van der Waals surface area contributed by atoms with Crippen molar-refractivity contribution < 1.29 is 22.7 Å². The summed E-state index contributed by atoms with van der Waals surface area (Å²) in [6.07, 6.45) is 0. The molecule has 7 nitrogen and oxygen atoms in total. The highest BCUT2D eigenvalue weighted by molar-refractivity contribution is 7.92. The van der Waals surface area contributed by atoms with Gasteiger partial charge in [0, 0.05) is 5.69 Å². The summed E-state index contributed by atoms with van der Waals surface area (Å²) in [5, 5.41) is 0. The molecular weight excluding hydrogens is 332 g/mol. The van der Waals surface area contributed by atoms with E-state index < -0.39 is 15.9 Å². The maximum Gasteiger partial charge on any atom is 0.261 e. The van der Waals surface area contributed by atoms with Crippen molar-refractivity contribution in [3.05, 3.63) is 48.5 Å². The lowest BCUT2D eigenvalue weighted by Gasteiger charge is -2.10. The van der Waals surface area contributed by atoms with E-state index in [1.54, 1.807) is 24.3 Å². The lowest BCUT2D eigenvalue weighted by atomic mass is 10.3. The number of rotatable bonds is 8. The van der Waals surface area contributed by atoms with Crippen molar-refractivity contribution in [1.29, 1.82) is 0 Å². The number of nitrogens with one attached hydrogen (secondary N) is 1. The summed E-state index contributed by atoms with van der Waals surface area (Å²) in [6, 6.07) is 12.3. The fourth-order valence-corrected chi connectivity index (χ4v) is 2.93. The van der Waals surface area contributed by atoms with Crippen LogP contribution in [0.15, 0.2) is 53.4 Å². The highest BCUT2D eigenvalue weighted by Gasteiger charge is 2.14. The molecule has 0 saturated heterocycles. The SMILES string of the molecule is CCOc1ccc(NS(=O)(=O)c2ccc(OCC(N)=O)cc2)cc1. The molecule has 0 atom stereocenters. The Balaban J connectivity index is 2.07. The highest BCUT2D eigenvalue weighted by atomic mass is 32.2. The quantitative estimate of drug-likeness (QED) is 0.754. The lowest BCUT2D eigenvalue weighted by molar-refractivity contribution is -0.119. The minimum absolute atomic E-state index is 0.0720. The van der Waals surface area contributed by atoms with E-state index in [2.05, 4.69) is 4.72 Å². The Hall–Kier alpha value is -2.74. The van der Waals surface area contributed by atoms with Crippen molar-refractivity contribution in [1.82, 2.24) is 0 Å². The minimum atomic E-state index is -3.72. The average molecular weight is 350 g/mol. The number of anilines is 1. The van der Waals surface area contributed by atoms with Gasteiger partial charge in [0.25, 0.3) is 15.9 Å². The Morgan fingerprint density at radius 2 is 1.54 bits per heavy atom. The predicted molar refractivity (Wildman–Crippen MR) is 89.6 cm³/mol. The van der Waals surface area contributed by atoms with Crippen LogP contribution in [-0.4, -0.2) is 27.5 Å². The van der Waals surface area contributed by atoms with E-state index in [1.165, 1.54) is 24.3 Å². The Bertz CT molecular complexity index is 786. The molecule has 0 aromatic heterocycles. The van der Waals surface area contributed by atoms with E-state index in [4.69, 9.17) is 15.2 Å². The van der Waals surface area contributed by atoms with Gasteiger partial charge < -0.3 is 15.2 Å². The first kappa shape index (κ1) is 17.6. The van der Waals surface area contributed by atoms with Crippen LogP contribution in [0.3, 0.4) is 0 Å². The van der Waals surface area contributed by atoms with Crippen molar-refractivity contribution >= 4 is 21.6 Å². The molecule has 1 amide bonds. The van der Waals surface area contributed by atoms with Crippen molar-refractivity contribution in [2.45, 2.75) is 11.8 Å². The zero-order valence-corrected chi connectivity index (χ0v) is 13.9. The van der Waals surface area contributed by atoms with E-state index in [0.29, 0.717) is 23.8 Å². The predicted octanol–water partition coefficient (Wildman–Crippen LogP) is 1.75. The van der Waals surface area contributed by atoms with Crippen molar-refractivity contribution in [3.63, 3.8) is 0 Å². The van der Waals surface area contributed by atoms with Crippen LogP contribution in [0.1, 0.15) is 6.92 Å². The standard InChI is InChI=1S/C16H18N2O5S/c1-2-22-13-5-3-12(4-6-13)18-24(20,21)15-9-7-14(8-10-15)23-11-16(17)19/h3-10,18H,2,11H2,1H3,(H2,17,19). The van der Waals surface area contributed by atoms with Crippen LogP contribution in [0.4, 0.5) is 5.69 Å². The summed E-state index contributed by atoms with van der Waals surface area (Å²) in [5.74, 6) is 0.411. The second-order valence-electron chi connectivity index (χ2n) is 4.79. The van der Waals surface area contributed by atoms with Crippen LogP contribution in [0.25, 0.3) is 0 Å². The smallest absolute Gasteiger partial charge is 0.261 e. The summed E-state index contributed by atoms with van der Waals surface area (Å²) < 4.78 is 37.5. The molecule has 0 spiro atoms. The summed E-state index contributed by atoms with van der Waals surface area (Å²) in [4.78, 5) is 10.7. The summed E-state index contributed by atoms with van der Waals surface area (Å²) in [5.41, 5.74) is 5.40. The number of hydrogen-bond donors (Lipinski definition) is 2. The van der Waals surface area contributed by atoms with Crippen LogP contribution in [-0.2, 0) is 14.8 Å². The first-order valence-corrected chi connectivity index (χ1v) is 8.66. The minimum Gasteiger partial charge on any atom is -0.494 e. The van der Waals surface area contributed by atoms with Gasteiger partial charge in [-0.25, -0.2) is 8.42 Å².